The van der Waals surface area contributed by atoms with E-state index in [0.717, 1.165) is 16.7 Å². The summed E-state index contributed by atoms with van der Waals surface area (Å²) in [6.45, 7) is 17.8. The zero-order chi connectivity index (χ0) is 36.7. The van der Waals surface area contributed by atoms with E-state index in [-0.39, 0.29) is 52.1 Å². The van der Waals surface area contributed by atoms with Gasteiger partial charge in [0.2, 0.25) is 30.1 Å². The predicted octanol–water partition coefficient (Wildman–Crippen LogP) is 5.22. The third-order valence-electron chi connectivity index (χ3n) is 8.69. The molecule has 13 heteroatoms. The number of hydrogen-bond donors (Lipinski definition) is 3. The molecule has 3 N–H and O–H groups in total. The lowest BCUT2D eigenvalue weighted by Crippen LogP contribution is -2.55. The van der Waals surface area contributed by atoms with Crippen LogP contribution in [0, 0.1) is 38.5 Å². The van der Waals surface area contributed by atoms with Crippen LogP contribution < -0.4 is 14.2 Å². The molecule has 3 aromatic rings. The lowest BCUT2D eigenvalue weighted by molar-refractivity contribution is 0.175. The number of aryl methyl sites for hydroxylation is 3. The van der Waals surface area contributed by atoms with Crippen LogP contribution >= 0.6 is 0 Å². The quantitative estimate of drug-likeness (QED) is 0.163. The highest BCUT2D eigenvalue weighted by atomic mass is 32.2. The molecule has 3 rings (SSSR count). The molecule has 0 unspecified atom stereocenters. The van der Waals surface area contributed by atoms with E-state index in [2.05, 4.69) is 14.2 Å². The van der Waals surface area contributed by atoms with Crippen LogP contribution in [0.25, 0.3) is 0 Å². The Kier molecular flexibility index (Phi) is 14.2. The number of rotatable bonds is 18. The van der Waals surface area contributed by atoms with Crippen LogP contribution in [-0.2, 0) is 30.1 Å². The van der Waals surface area contributed by atoms with Crippen LogP contribution in [0.3, 0.4) is 0 Å². The Bertz CT molecular complexity index is 1610. The zero-order valence-electron chi connectivity index (χ0n) is 30.1. The molecule has 3 aromatic carbocycles. The molecule has 49 heavy (non-hydrogen) atoms. The van der Waals surface area contributed by atoms with Gasteiger partial charge in [0.05, 0.1) is 14.7 Å². The summed E-state index contributed by atoms with van der Waals surface area (Å²) in [5, 5.41) is 0. The van der Waals surface area contributed by atoms with Crippen molar-refractivity contribution < 1.29 is 25.3 Å². The van der Waals surface area contributed by atoms with Crippen LogP contribution in [0.1, 0.15) is 58.2 Å². The van der Waals surface area contributed by atoms with Crippen molar-refractivity contribution in [3.63, 3.8) is 0 Å². The molecular weight excluding hydrogens is 681 g/mol. The number of sulfonamides is 3. The lowest BCUT2D eigenvalue weighted by Gasteiger charge is -2.37. The molecule has 0 aliphatic rings. The predicted molar refractivity (Wildman–Crippen MR) is 197 cm³/mol. The highest BCUT2D eigenvalue weighted by molar-refractivity contribution is 7.90. The molecule has 0 fully saturated rings. The van der Waals surface area contributed by atoms with Crippen molar-refractivity contribution in [2.45, 2.75) is 95.1 Å². The highest BCUT2D eigenvalue weighted by Gasteiger charge is 2.32. The minimum absolute atomic E-state index is 0.145. The van der Waals surface area contributed by atoms with Gasteiger partial charge in [-0.15, -0.1) is 0 Å². The second-order valence-electron chi connectivity index (χ2n) is 14.1. The topological polar surface area (TPSA) is 142 Å². The van der Waals surface area contributed by atoms with Crippen molar-refractivity contribution in [1.29, 1.82) is 0 Å². The van der Waals surface area contributed by atoms with Gasteiger partial charge >= 0.3 is 0 Å². The van der Waals surface area contributed by atoms with E-state index >= 15 is 0 Å². The fourth-order valence-electron chi connectivity index (χ4n) is 5.16. The molecule has 0 aromatic heterocycles. The Balaban J connectivity index is 1.99. The molecule has 0 bridgehead atoms. The third-order valence-corrected chi connectivity index (χ3v) is 13.2. The largest absolute Gasteiger partial charge is 0.299 e. The molecule has 0 aliphatic heterocycles. The summed E-state index contributed by atoms with van der Waals surface area (Å²) in [7, 11) is -11.7. The number of hydrogen-bond acceptors (Lipinski definition) is 7. The number of nitrogens with zero attached hydrogens (tertiary/aromatic N) is 1. The maximum absolute atomic E-state index is 13.5. The zero-order valence-corrected chi connectivity index (χ0v) is 32.6. The van der Waals surface area contributed by atoms with Crippen molar-refractivity contribution in [3.05, 3.63) is 89.5 Å². The standard InChI is InChI=1S/C36H54N4O6S3/c1-25(2)34(37-47(41,42)31-16-10-28(7)11-17-31)22-40(23-35(26(3)4)38-48(43,44)32-18-12-29(8)13-19-32)24-36(27(5)6)39-49(45,46)33-20-14-30(9)15-21-33/h10-21,25-27,34-39H,22-24H2,1-9H3/t34-,35-,36-/m1/s1. The van der Waals surface area contributed by atoms with E-state index in [1.165, 1.54) is 0 Å². The summed E-state index contributed by atoms with van der Waals surface area (Å²) >= 11 is 0. The van der Waals surface area contributed by atoms with Crippen LogP contribution in [0.4, 0.5) is 0 Å². The first-order valence-electron chi connectivity index (χ1n) is 16.7. The van der Waals surface area contributed by atoms with Gasteiger partial charge in [-0.25, -0.2) is 39.4 Å². The second-order valence-corrected chi connectivity index (χ2v) is 19.2. The van der Waals surface area contributed by atoms with E-state index in [1.807, 2.05) is 67.2 Å². The number of benzene rings is 3. The molecule has 0 spiro atoms. The summed E-state index contributed by atoms with van der Waals surface area (Å²) < 4.78 is 89.8. The Morgan fingerprint density at radius 1 is 0.429 bits per heavy atom. The Morgan fingerprint density at radius 3 is 0.816 bits per heavy atom. The molecule has 0 saturated heterocycles. The van der Waals surface area contributed by atoms with Gasteiger partial charge in [0.1, 0.15) is 0 Å². The van der Waals surface area contributed by atoms with Crippen LogP contribution in [0.2, 0.25) is 0 Å². The van der Waals surface area contributed by atoms with Gasteiger partial charge in [-0.05, 0) is 74.9 Å². The second kappa shape index (κ2) is 17.0. The Labute approximate surface area is 295 Å². The molecule has 0 amide bonds. The first kappa shape index (κ1) is 40.8. The Morgan fingerprint density at radius 2 is 0.633 bits per heavy atom. The smallest absolute Gasteiger partial charge is 0.240 e. The van der Waals surface area contributed by atoms with Crippen molar-refractivity contribution in [2.24, 2.45) is 17.8 Å². The van der Waals surface area contributed by atoms with Crippen LogP contribution in [0.15, 0.2) is 87.5 Å². The monoisotopic (exact) mass is 734 g/mol. The fourth-order valence-corrected chi connectivity index (χ4v) is 9.29. The average molecular weight is 735 g/mol. The van der Waals surface area contributed by atoms with E-state index in [0.29, 0.717) is 0 Å². The first-order chi connectivity index (χ1) is 22.7. The number of nitrogens with one attached hydrogen (secondary N) is 3. The van der Waals surface area contributed by atoms with Crippen LogP contribution in [0.5, 0.6) is 0 Å². The lowest BCUT2D eigenvalue weighted by atomic mass is 10.00. The first-order valence-corrected chi connectivity index (χ1v) is 21.1. The van der Waals surface area contributed by atoms with E-state index < -0.39 is 48.2 Å². The van der Waals surface area contributed by atoms with Gasteiger partial charge in [0.15, 0.2) is 0 Å². The summed E-state index contributed by atoms with van der Waals surface area (Å²) in [6, 6.07) is 18.1. The molecule has 0 radical (unpaired) electrons. The molecule has 0 heterocycles. The molecule has 3 atom stereocenters. The van der Waals surface area contributed by atoms with Crippen molar-refractivity contribution in [3.8, 4) is 0 Å². The van der Waals surface area contributed by atoms with Crippen LogP contribution in [-0.4, -0.2) is 67.9 Å². The SMILES string of the molecule is Cc1ccc(S(=O)(=O)N[C@H](CN(C[C@@H](NS(=O)(=O)c2ccc(C)cc2)C(C)C)C[C@@H](NS(=O)(=O)c2ccc(C)cc2)C(C)C)C(C)C)cc1. The van der Waals surface area contributed by atoms with Gasteiger partial charge in [0, 0.05) is 37.8 Å². The summed E-state index contributed by atoms with van der Waals surface area (Å²) in [6.07, 6.45) is 0. The molecule has 0 saturated carbocycles. The van der Waals surface area contributed by atoms with Gasteiger partial charge < -0.3 is 0 Å². The minimum atomic E-state index is -3.89. The maximum Gasteiger partial charge on any atom is 0.240 e. The summed E-state index contributed by atoms with van der Waals surface area (Å²) in [4.78, 5) is 2.40. The van der Waals surface area contributed by atoms with Crippen molar-refractivity contribution in [1.82, 2.24) is 19.1 Å². The van der Waals surface area contributed by atoms with Gasteiger partial charge in [0.25, 0.3) is 0 Å². The molecular formula is C36H54N4O6S3. The highest BCUT2D eigenvalue weighted by Crippen LogP contribution is 2.19. The molecule has 0 aliphatic carbocycles. The van der Waals surface area contributed by atoms with E-state index in [4.69, 9.17) is 0 Å². The van der Waals surface area contributed by atoms with Gasteiger partial charge in [-0.2, -0.15) is 0 Å². The maximum atomic E-state index is 13.5. The molecule has 10 nitrogen and oxygen atoms in total. The molecule has 272 valence electrons. The average Bonchev–Trinajstić information content (AvgIpc) is 3.00. The minimum Gasteiger partial charge on any atom is -0.299 e. The summed E-state index contributed by atoms with van der Waals surface area (Å²) in [5.74, 6) is -0.441. The summed E-state index contributed by atoms with van der Waals surface area (Å²) in [5.41, 5.74) is 2.81. The normalized spacial score (nSPS) is 14.9. The van der Waals surface area contributed by atoms with Crippen molar-refractivity contribution in [2.75, 3.05) is 19.6 Å². The fraction of sp³-hybridized carbons (Fsp3) is 0.500. The van der Waals surface area contributed by atoms with E-state index in [1.54, 1.807) is 72.8 Å². The van der Waals surface area contributed by atoms with Gasteiger partial charge in [-0.3, -0.25) is 4.90 Å². The van der Waals surface area contributed by atoms with Gasteiger partial charge in [-0.1, -0.05) is 94.6 Å². The Hall–Kier alpha value is -2.65. The van der Waals surface area contributed by atoms with Crippen molar-refractivity contribution >= 4 is 30.1 Å². The third kappa shape index (κ3) is 12.0. The van der Waals surface area contributed by atoms with E-state index in [9.17, 15) is 25.3 Å².